The number of aliphatic hydroxyl groups is 1. The van der Waals surface area contributed by atoms with Gasteiger partial charge in [0.05, 0.1) is 41.1 Å². The summed E-state index contributed by atoms with van der Waals surface area (Å²) in [6.45, 7) is 2.11. The molecule has 1 aromatic heterocycles. The fourth-order valence-corrected chi connectivity index (χ4v) is 4.84. The second kappa shape index (κ2) is 8.11. The highest BCUT2D eigenvalue weighted by atomic mass is 16.3. The predicted octanol–water partition coefficient (Wildman–Crippen LogP) is 2.93. The Balaban J connectivity index is 1.30. The number of fused-ring (bicyclic) bond motifs is 2. The van der Waals surface area contributed by atoms with E-state index < -0.39 is 0 Å². The number of carbonyl (C=O) groups is 1. The van der Waals surface area contributed by atoms with Crippen molar-refractivity contribution >= 4 is 23.1 Å². The van der Waals surface area contributed by atoms with Crippen LogP contribution in [0.2, 0.25) is 0 Å². The number of rotatable bonds is 4. The van der Waals surface area contributed by atoms with E-state index in [2.05, 4.69) is 30.6 Å². The lowest BCUT2D eigenvalue weighted by Gasteiger charge is -2.31. The molecule has 0 atom stereocenters. The number of amides is 1. The first kappa shape index (κ1) is 20.6. The van der Waals surface area contributed by atoms with Crippen LogP contribution in [-0.4, -0.2) is 50.0 Å². The summed E-state index contributed by atoms with van der Waals surface area (Å²) in [6.07, 6.45) is 8.73. The first-order valence-corrected chi connectivity index (χ1v) is 11.4. The summed E-state index contributed by atoms with van der Waals surface area (Å²) in [6, 6.07) is 7.90. The topological polar surface area (TPSA) is 108 Å². The number of hydrogen-bond donors (Lipinski definition) is 3. The zero-order chi connectivity index (χ0) is 23.2. The molecule has 1 aromatic carbocycles. The molecule has 0 radical (unpaired) electrons. The van der Waals surface area contributed by atoms with E-state index in [1.54, 1.807) is 4.68 Å². The van der Waals surface area contributed by atoms with E-state index in [-0.39, 0.29) is 12.0 Å². The molecule has 34 heavy (non-hydrogen) atoms. The summed E-state index contributed by atoms with van der Waals surface area (Å²) in [5, 5.41) is 20.4. The van der Waals surface area contributed by atoms with Gasteiger partial charge in [0, 0.05) is 50.2 Å². The second-order valence-corrected chi connectivity index (χ2v) is 8.86. The van der Waals surface area contributed by atoms with Gasteiger partial charge in [0.25, 0.3) is 5.91 Å². The van der Waals surface area contributed by atoms with Crippen LogP contribution in [0.25, 0.3) is 22.4 Å². The van der Waals surface area contributed by atoms with Crippen LogP contribution in [0.1, 0.15) is 28.8 Å². The van der Waals surface area contributed by atoms with Crippen LogP contribution < -0.4 is 15.5 Å². The maximum atomic E-state index is 12.8. The molecule has 5 heterocycles. The van der Waals surface area contributed by atoms with Gasteiger partial charge in [0.1, 0.15) is 5.82 Å². The minimum Gasteiger partial charge on any atom is -0.393 e. The second-order valence-electron chi connectivity index (χ2n) is 8.86. The zero-order valence-electron chi connectivity index (χ0n) is 18.8. The molecule has 0 bridgehead atoms. The first-order valence-electron chi connectivity index (χ1n) is 11.4. The maximum absolute atomic E-state index is 12.8. The number of pyridine rings is 1. The lowest BCUT2D eigenvalue weighted by molar-refractivity contribution is 0.0966. The number of piperidine rings is 1. The number of benzene rings is 1. The fourth-order valence-electron chi connectivity index (χ4n) is 4.84. The standard InChI is InChI=1S/C25H25N7O2/c1-31-14-22-19(13-29-31)18(11-26-22)17-3-4-21(24-20(17)12-28-25(24)34)30-23-5-2-15(10-27-23)32-8-6-16(33)7-9-32/h2-5,10-11,13-14,16,33H,6-9,12H2,1H3,(H,27,30)(H,28,34). The Labute approximate surface area is 196 Å². The van der Waals surface area contributed by atoms with Gasteiger partial charge in [-0.05, 0) is 42.2 Å². The Bertz CT molecular complexity index is 1340. The Hall–Kier alpha value is -3.98. The van der Waals surface area contributed by atoms with Crippen LogP contribution in [-0.2, 0) is 13.6 Å². The molecular formula is C25H25N7O2. The molecule has 6 rings (SSSR count). The zero-order valence-corrected chi connectivity index (χ0v) is 18.8. The monoisotopic (exact) mass is 455 g/mol. The van der Waals surface area contributed by atoms with Crippen molar-refractivity contribution in [3.63, 3.8) is 0 Å². The van der Waals surface area contributed by atoms with Crippen molar-refractivity contribution in [3.8, 4) is 22.4 Å². The molecule has 0 spiro atoms. The van der Waals surface area contributed by atoms with E-state index in [1.807, 2.05) is 56.1 Å². The van der Waals surface area contributed by atoms with Crippen molar-refractivity contribution in [1.29, 1.82) is 0 Å². The molecule has 1 saturated heterocycles. The van der Waals surface area contributed by atoms with Crippen LogP contribution in [0, 0.1) is 0 Å². The average Bonchev–Trinajstić information content (AvgIpc) is 3.44. The quantitative estimate of drug-likeness (QED) is 0.434. The van der Waals surface area contributed by atoms with Gasteiger partial charge in [0.15, 0.2) is 0 Å². The molecule has 3 N–H and O–H groups in total. The third kappa shape index (κ3) is 3.54. The summed E-state index contributed by atoms with van der Waals surface area (Å²) < 4.78 is 1.73. The van der Waals surface area contributed by atoms with Gasteiger partial charge in [-0.3, -0.25) is 14.5 Å². The average molecular weight is 456 g/mol. The number of aryl methyl sites for hydroxylation is 1. The van der Waals surface area contributed by atoms with E-state index in [4.69, 9.17) is 0 Å². The van der Waals surface area contributed by atoms with Crippen molar-refractivity contribution in [1.82, 2.24) is 25.1 Å². The Morgan fingerprint density at radius 3 is 2.68 bits per heavy atom. The van der Waals surface area contributed by atoms with E-state index >= 15 is 0 Å². The van der Waals surface area contributed by atoms with Gasteiger partial charge < -0.3 is 20.6 Å². The van der Waals surface area contributed by atoms with Crippen LogP contribution >= 0.6 is 0 Å². The molecule has 9 heteroatoms. The van der Waals surface area contributed by atoms with Crippen LogP contribution in [0.15, 0.2) is 49.1 Å². The largest absolute Gasteiger partial charge is 0.393 e. The Morgan fingerprint density at radius 2 is 1.88 bits per heavy atom. The Morgan fingerprint density at radius 1 is 1.03 bits per heavy atom. The minimum atomic E-state index is -0.206. The number of aliphatic hydroxyl groups excluding tert-OH is 1. The normalized spacial score (nSPS) is 16.1. The van der Waals surface area contributed by atoms with Gasteiger partial charge in [-0.15, -0.1) is 0 Å². The van der Waals surface area contributed by atoms with Crippen molar-refractivity contribution in [2.24, 2.45) is 7.05 Å². The smallest absolute Gasteiger partial charge is 0.254 e. The first-order chi connectivity index (χ1) is 16.6. The van der Waals surface area contributed by atoms with Crippen molar-refractivity contribution in [2.45, 2.75) is 25.5 Å². The number of nitrogens with one attached hydrogen (secondary N) is 2. The molecule has 172 valence electrons. The highest BCUT2D eigenvalue weighted by Gasteiger charge is 2.28. The summed E-state index contributed by atoms with van der Waals surface area (Å²) in [5.74, 6) is 0.573. The molecule has 2 aromatic rings. The highest BCUT2D eigenvalue weighted by molar-refractivity contribution is 6.06. The molecule has 4 aliphatic rings. The molecule has 0 unspecified atom stereocenters. The number of carbonyl (C=O) groups excluding carboxylic acids is 1. The maximum Gasteiger partial charge on any atom is 0.254 e. The third-order valence-electron chi connectivity index (χ3n) is 6.67. The molecular weight excluding hydrogens is 430 g/mol. The minimum absolute atomic E-state index is 0.101. The van der Waals surface area contributed by atoms with E-state index in [0.717, 1.165) is 65.3 Å². The number of hydrogen-bond acceptors (Lipinski definition) is 7. The van der Waals surface area contributed by atoms with Crippen molar-refractivity contribution in [2.75, 3.05) is 23.3 Å². The molecule has 1 fully saturated rings. The summed E-state index contributed by atoms with van der Waals surface area (Å²) >= 11 is 0. The van der Waals surface area contributed by atoms with Crippen LogP contribution in [0.5, 0.6) is 0 Å². The van der Waals surface area contributed by atoms with E-state index in [9.17, 15) is 9.90 Å². The van der Waals surface area contributed by atoms with E-state index in [1.165, 1.54) is 0 Å². The SMILES string of the molecule is Cn1cc2ncc(-c3ccc(Nc4ccc(N5CCC(O)CC5)cn4)c4c3CNC4=O)c-2cn1. The van der Waals surface area contributed by atoms with Gasteiger partial charge >= 0.3 is 0 Å². The molecule has 9 nitrogen and oxygen atoms in total. The van der Waals surface area contributed by atoms with Crippen molar-refractivity contribution < 1.29 is 9.90 Å². The van der Waals surface area contributed by atoms with Gasteiger partial charge in [0.2, 0.25) is 0 Å². The van der Waals surface area contributed by atoms with Crippen LogP contribution in [0.4, 0.5) is 17.2 Å². The number of anilines is 3. The summed E-state index contributed by atoms with van der Waals surface area (Å²) in [7, 11) is 1.87. The molecule has 0 saturated carbocycles. The molecule has 0 aliphatic carbocycles. The lowest BCUT2D eigenvalue weighted by Crippen LogP contribution is -2.35. The van der Waals surface area contributed by atoms with Gasteiger partial charge in [-0.1, -0.05) is 6.07 Å². The highest BCUT2D eigenvalue weighted by Crippen LogP contribution is 2.39. The van der Waals surface area contributed by atoms with E-state index in [0.29, 0.717) is 17.9 Å². The summed E-state index contributed by atoms with van der Waals surface area (Å²) in [5.41, 5.74) is 7.12. The number of aromatic nitrogens is 4. The fraction of sp³-hybridized carbons (Fsp3) is 0.280. The summed E-state index contributed by atoms with van der Waals surface area (Å²) in [4.78, 5) is 24.1. The number of nitrogens with zero attached hydrogens (tertiary/aromatic N) is 5. The molecule has 1 amide bonds. The molecule has 4 aliphatic heterocycles. The van der Waals surface area contributed by atoms with Crippen LogP contribution in [0.3, 0.4) is 0 Å². The van der Waals surface area contributed by atoms with Crippen molar-refractivity contribution in [3.05, 3.63) is 60.2 Å². The lowest BCUT2D eigenvalue weighted by atomic mass is 9.94. The van der Waals surface area contributed by atoms with Gasteiger partial charge in [-0.2, -0.15) is 5.10 Å². The third-order valence-corrected chi connectivity index (χ3v) is 6.67. The van der Waals surface area contributed by atoms with Gasteiger partial charge in [-0.25, -0.2) is 4.98 Å². The predicted molar refractivity (Wildman–Crippen MR) is 129 cm³/mol. The Kier molecular flexibility index (Phi) is 4.91.